The molecule has 0 heterocycles. The largest absolute Gasteiger partial charge is 0.488 e. The van der Waals surface area contributed by atoms with Crippen molar-refractivity contribution in [3.05, 3.63) is 40.4 Å². The molecule has 0 amide bonds. The lowest BCUT2D eigenvalue weighted by molar-refractivity contribution is 0.355. The van der Waals surface area contributed by atoms with Gasteiger partial charge in [-0.25, -0.2) is 0 Å². The van der Waals surface area contributed by atoms with E-state index in [1.54, 1.807) is 0 Å². The highest BCUT2D eigenvalue weighted by atomic mass is 79.9. The standard InChI is InChI=1S/C13H18BrNO/c1-3-4-8-16-13-11(9-10(2)15)6-5-7-12(13)14/h3-7,10H,8-9,15H2,1-2H3/b4-3+. The molecule has 0 aliphatic rings. The first kappa shape index (κ1) is 13.3. The van der Waals surface area contributed by atoms with Gasteiger partial charge in [0.1, 0.15) is 12.4 Å². The van der Waals surface area contributed by atoms with Gasteiger partial charge in [-0.2, -0.15) is 0 Å². The highest BCUT2D eigenvalue weighted by molar-refractivity contribution is 9.10. The summed E-state index contributed by atoms with van der Waals surface area (Å²) in [6.45, 7) is 4.56. The normalized spacial score (nSPS) is 13.0. The smallest absolute Gasteiger partial charge is 0.137 e. The molecule has 0 aliphatic carbocycles. The van der Waals surface area contributed by atoms with Gasteiger partial charge in [0.15, 0.2) is 0 Å². The average molecular weight is 284 g/mol. The van der Waals surface area contributed by atoms with E-state index in [0.29, 0.717) is 6.61 Å². The molecule has 0 spiro atoms. The fourth-order valence-corrected chi connectivity index (χ4v) is 1.97. The summed E-state index contributed by atoms with van der Waals surface area (Å²) in [5, 5.41) is 0. The minimum Gasteiger partial charge on any atom is -0.488 e. The molecule has 1 aromatic rings. The summed E-state index contributed by atoms with van der Waals surface area (Å²) in [4.78, 5) is 0. The fraction of sp³-hybridized carbons (Fsp3) is 0.385. The summed E-state index contributed by atoms with van der Waals surface area (Å²) in [5.41, 5.74) is 6.96. The summed E-state index contributed by atoms with van der Waals surface area (Å²) < 4.78 is 6.70. The molecule has 0 saturated heterocycles. The molecule has 1 aromatic carbocycles. The molecule has 0 aromatic heterocycles. The van der Waals surface area contributed by atoms with Crippen LogP contribution in [0.4, 0.5) is 0 Å². The molecule has 0 bridgehead atoms. The van der Waals surface area contributed by atoms with Gasteiger partial charge in [-0.15, -0.1) is 0 Å². The maximum Gasteiger partial charge on any atom is 0.137 e. The molecule has 2 nitrogen and oxygen atoms in total. The van der Waals surface area contributed by atoms with Crippen LogP contribution in [0.15, 0.2) is 34.8 Å². The molecule has 0 fully saturated rings. The Morgan fingerprint density at radius 3 is 2.88 bits per heavy atom. The number of hydrogen-bond acceptors (Lipinski definition) is 2. The lowest BCUT2D eigenvalue weighted by Gasteiger charge is -2.13. The van der Waals surface area contributed by atoms with Crippen molar-refractivity contribution in [1.82, 2.24) is 0 Å². The minimum atomic E-state index is 0.137. The first-order chi connectivity index (χ1) is 7.65. The number of allylic oxidation sites excluding steroid dienone is 1. The van der Waals surface area contributed by atoms with Crippen molar-refractivity contribution in [1.29, 1.82) is 0 Å². The predicted octanol–water partition coefficient (Wildman–Crippen LogP) is 3.29. The van der Waals surface area contributed by atoms with E-state index in [1.807, 2.05) is 38.1 Å². The van der Waals surface area contributed by atoms with E-state index >= 15 is 0 Å². The maximum absolute atomic E-state index is 5.81. The number of halogens is 1. The van der Waals surface area contributed by atoms with Crippen LogP contribution in [0.3, 0.4) is 0 Å². The lowest BCUT2D eigenvalue weighted by Crippen LogP contribution is -2.18. The lowest BCUT2D eigenvalue weighted by atomic mass is 10.1. The van der Waals surface area contributed by atoms with Crippen molar-refractivity contribution >= 4 is 15.9 Å². The molecule has 16 heavy (non-hydrogen) atoms. The second kappa shape index (κ2) is 6.71. The molecule has 3 heteroatoms. The molecule has 88 valence electrons. The first-order valence-electron chi connectivity index (χ1n) is 5.42. The summed E-state index contributed by atoms with van der Waals surface area (Å²) in [6, 6.07) is 6.18. The molecule has 1 unspecified atom stereocenters. The topological polar surface area (TPSA) is 35.2 Å². The zero-order valence-electron chi connectivity index (χ0n) is 9.74. The van der Waals surface area contributed by atoms with Crippen LogP contribution in [0, 0.1) is 0 Å². The summed E-state index contributed by atoms with van der Waals surface area (Å²) in [6.07, 6.45) is 4.78. The maximum atomic E-state index is 5.81. The third-order valence-electron chi connectivity index (χ3n) is 2.15. The number of para-hydroxylation sites is 1. The Kier molecular flexibility index (Phi) is 5.56. The van der Waals surface area contributed by atoms with Crippen LogP contribution in [-0.2, 0) is 6.42 Å². The van der Waals surface area contributed by atoms with Crippen molar-refractivity contribution in [3.8, 4) is 5.75 Å². The summed E-state index contributed by atoms with van der Waals surface area (Å²) in [7, 11) is 0. The van der Waals surface area contributed by atoms with Gasteiger partial charge < -0.3 is 10.5 Å². The number of rotatable bonds is 5. The molecular formula is C13H18BrNO. The third kappa shape index (κ3) is 3.99. The van der Waals surface area contributed by atoms with Gasteiger partial charge in [0.25, 0.3) is 0 Å². The Hall–Kier alpha value is -0.800. The van der Waals surface area contributed by atoms with E-state index in [4.69, 9.17) is 10.5 Å². The number of hydrogen-bond donors (Lipinski definition) is 1. The quantitative estimate of drug-likeness (QED) is 0.842. The van der Waals surface area contributed by atoms with Gasteiger partial charge >= 0.3 is 0 Å². The van der Waals surface area contributed by atoms with Gasteiger partial charge in [-0.05, 0) is 47.8 Å². The molecular weight excluding hydrogens is 266 g/mol. The fourth-order valence-electron chi connectivity index (χ4n) is 1.45. The van der Waals surface area contributed by atoms with Crippen LogP contribution < -0.4 is 10.5 Å². The van der Waals surface area contributed by atoms with Crippen molar-refractivity contribution < 1.29 is 4.74 Å². The molecule has 1 atom stereocenters. The van der Waals surface area contributed by atoms with Crippen LogP contribution in [0.5, 0.6) is 5.75 Å². The number of ether oxygens (including phenoxy) is 1. The van der Waals surface area contributed by atoms with Crippen LogP contribution in [0.2, 0.25) is 0 Å². The van der Waals surface area contributed by atoms with E-state index in [9.17, 15) is 0 Å². The summed E-state index contributed by atoms with van der Waals surface area (Å²) in [5.74, 6) is 0.901. The van der Waals surface area contributed by atoms with Gasteiger partial charge in [0.2, 0.25) is 0 Å². The van der Waals surface area contributed by atoms with Gasteiger partial charge in [0.05, 0.1) is 4.47 Å². The van der Waals surface area contributed by atoms with Crippen LogP contribution in [0.25, 0.3) is 0 Å². The van der Waals surface area contributed by atoms with Crippen molar-refractivity contribution in [3.63, 3.8) is 0 Å². The van der Waals surface area contributed by atoms with E-state index in [2.05, 4.69) is 22.0 Å². The minimum absolute atomic E-state index is 0.137. The van der Waals surface area contributed by atoms with Crippen LogP contribution >= 0.6 is 15.9 Å². The molecule has 2 N–H and O–H groups in total. The van der Waals surface area contributed by atoms with E-state index in [1.165, 1.54) is 0 Å². The Morgan fingerprint density at radius 2 is 2.25 bits per heavy atom. The SMILES string of the molecule is C/C=C/COc1c(Br)cccc1CC(C)N. The Balaban J connectivity index is 2.85. The Morgan fingerprint density at radius 1 is 1.50 bits per heavy atom. The van der Waals surface area contributed by atoms with Crippen molar-refractivity contribution in [2.45, 2.75) is 26.3 Å². The first-order valence-corrected chi connectivity index (χ1v) is 6.21. The second-order valence-electron chi connectivity index (χ2n) is 3.79. The Labute approximate surface area is 106 Å². The van der Waals surface area contributed by atoms with Gasteiger partial charge in [0, 0.05) is 6.04 Å². The Bertz CT molecular complexity index is 361. The number of benzene rings is 1. The van der Waals surface area contributed by atoms with E-state index < -0.39 is 0 Å². The monoisotopic (exact) mass is 283 g/mol. The summed E-state index contributed by atoms with van der Waals surface area (Å²) >= 11 is 3.50. The van der Waals surface area contributed by atoms with Gasteiger partial charge in [-0.3, -0.25) is 0 Å². The molecule has 0 aliphatic heterocycles. The highest BCUT2D eigenvalue weighted by Gasteiger charge is 2.09. The zero-order chi connectivity index (χ0) is 12.0. The van der Waals surface area contributed by atoms with E-state index in [-0.39, 0.29) is 6.04 Å². The van der Waals surface area contributed by atoms with Crippen LogP contribution in [-0.4, -0.2) is 12.6 Å². The number of nitrogens with two attached hydrogens (primary N) is 1. The average Bonchev–Trinajstić information content (AvgIpc) is 2.21. The van der Waals surface area contributed by atoms with Crippen molar-refractivity contribution in [2.75, 3.05) is 6.61 Å². The molecule has 1 rings (SSSR count). The van der Waals surface area contributed by atoms with E-state index in [0.717, 1.165) is 22.2 Å². The van der Waals surface area contributed by atoms with Gasteiger partial charge in [-0.1, -0.05) is 24.3 Å². The zero-order valence-corrected chi connectivity index (χ0v) is 11.3. The molecule has 0 saturated carbocycles. The third-order valence-corrected chi connectivity index (χ3v) is 2.77. The van der Waals surface area contributed by atoms with Crippen LogP contribution in [0.1, 0.15) is 19.4 Å². The molecule has 0 radical (unpaired) electrons. The highest BCUT2D eigenvalue weighted by Crippen LogP contribution is 2.29. The van der Waals surface area contributed by atoms with Crippen molar-refractivity contribution in [2.24, 2.45) is 5.73 Å². The predicted molar refractivity (Wildman–Crippen MR) is 71.8 cm³/mol. The second-order valence-corrected chi connectivity index (χ2v) is 4.64.